The van der Waals surface area contributed by atoms with Crippen molar-refractivity contribution in [3.05, 3.63) is 28.8 Å². The Kier molecular flexibility index (Phi) is 5.12. The smallest absolute Gasteiger partial charge is 0.0776 e. The second-order valence-electron chi connectivity index (χ2n) is 5.51. The van der Waals surface area contributed by atoms with Gasteiger partial charge in [0.2, 0.25) is 0 Å². The number of aliphatic hydroxyl groups excluding tert-OH is 1. The molecule has 0 amide bonds. The summed E-state index contributed by atoms with van der Waals surface area (Å²) in [7, 11) is 0. The van der Waals surface area contributed by atoms with Crippen LogP contribution in [0.15, 0.2) is 18.2 Å². The number of aliphatic hydroxyl groups is 1. The lowest BCUT2D eigenvalue weighted by Crippen LogP contribution is -2.39. The highest BCUT2D eigenvalue weighted by atomic mass is 35.5. The Hall–Kier alpha value is -0.730. The molecule has 0 aromatic heterocycles. The molecule has 2 unspecified atom stereocenters. The third-order valence-corrected chi connectivity index (χ3v) is 4.34. The summed E-state index contributed by atoms with van der Waals surface area (Å²) >= 11 is 6.28. The molecule has 1 heterocycles. The fourth-order valence-corrected chi connectivity index (χ4v) is 3.34. The minimum atomic E-state index is -0.505. The van der Waals surface area contributed by atoms with E-state index in [1.165, 1.54) is 37.8 Å². The van der Waals surface area contributed by atoms with E-state index in [9.17, 15) is 5.11 Å². The molecule has 1 aliphatic rings. The van der Waals surface area contributed by atoms with Crippen LogP contribution in [0.2, 0.25) is 5.02 Å². The Balaban J connectivity index is 2.22. The monoisotopic (exact) mass is 281 g/mol. The second kappa shape index (κ2) is 6.62. The van der Waals surface area contributed by atoms with Crippen molar-refractivity contribution >= 4 is 17.3 Å². The highest BCUT2D eigenvalue weighted by molar-refractivity contribution is 6.31. The van der Waals surface area contributed by atoms with Crippen LogP contribution in [0.5, 0.6) is 0 Å². The summed E-state index contributed by atoms with van der Waals surface area (Å²) in [5.41, 5.74) is 2.02. The maximum Gasteiger partial charge on any atom is 0.0776 e. The van der Waals surface area contributed by atoms with Crippen LogP contribution in [0.1, 0.15) is 57.6 Å². The third kappa shape index (κ3) is 3.43. The first-order valence-corrected chi connectivity index (χ1v) is 7.75. The van der Waals surface area contributed by atoms with E-state index < -0.39 is 6.10 Å². The lowest BCUT2D eigenvalue weighted by molar-refractivity contribution is 0.199. The summed E-state index contributed by atoms with van der Waals surface area (Å²) in [6, 6.07) is 6.71. The Morgan fingerprint density at radius 2 is 2.21 bits per heavy atom. The van der Waals surface area contributed by atoms with Crippen LogP contribution in [0.25, 0.3) is 0 Å². The van der Waals surface area contributed by atoms with Gasteiger partial charge in [-0.05, 0) is 50.3 Å². The van der Waals surface area contributed by atoms with Gasteiger partial charge >= 0.3 is 0 Å². The van der Waals surface area contributed by atoms with Crippen molar-refractivity contribution in [3.63, 3.8) is 0 Å². The lowest BCUT2D eigenvalue weighted by Gasteiger charge is -2.38. The van der Waals surface area contributed by atoms with Gasteiger partial charge in [0.15, 0.2) is 0 Å². The lowest BCUT2D eigenvalue weighted by atomic mass is 9.97. The molecule has 0 bridgehead atoms. The van der Waals surface area contributed by atoms with Crippen LogP contribution in [-0.4, -0.2) is 17.7 Å². The zero-order valence-corrected chi connectivity index (χ0v) is 12.7. The normalized spacial score (nSPS) is 21.5. The number of rotatable bonds is 4. The van der Waals surface area contributed by atoms with Crippen molar-refractivity contribution < 1.29 is 5.11 Å². The van der Waals surface area contributed by atoms with Gasteiger partial charge in [0.05, 0.1) is 6.10 Å². The molecule has 106 valence electrons. The molecule has 0 radical (unpaired) electrons. The number of nitrogens with zero attached hydrogens (tertiary/aromatic N) is 1. The fourth-order valence-electron chi connectivity index (χ4n) is 3.01. The fraction of sp³-hybridized carbons (Fsp3) is 0.625. The standard InChI is InChI=1S/C16H24ClNO/c1-3-6-13-7-4-5-10-18(13)14-8-9-15(12(2)19)16(17)11-14/h8-9,11-13,19H,3-7,10H2,1-2H3. The van der Waals surface area contributed by atoms with E-state index in [0.717, 1.165) is 12.1 Å². The maximum absolute atomic E-state index is 9.64. The SMILES string of the molecule is CCCC1CCCCN1c1ccc(C(C)O)c(Cl)c1. The number of halogens is 1. The molecule has 1 aromatic rings. The Bertz CT molecular complexity index is 417. The van der Waals surface area contributed by atoms with Crippen molar-refractivity contribution in [1.82, 2.24) is 0 Å². The van der Waals surface area contributed by atoms with Crippen molar-refractivity contribution in [2.75, 3.05) is 11.4 Å². The van der Waals surface area contributed by atoms with Gasteiger partial charge in [0.1, 0.15) is 0 Å². The van der Waals surface area contributed by atoms with Crippen molar-refractivity contribution in [3.8, 4) is 0 Å². The molecule has 3 heteroatoms. The van der Waals surface area contributed by atoms with Gasteiger partial charge in [-0.2, -0.15) is 0 Å². The minimum Gasteiger partial charge on any atom is -0.389 e. The molecule has 2 rings (SSSR count). The van der Waals surface area contributed by atoms with Gasteiger partial charge in [0, 0.05) is 23.3 Å². The van der Waals surface area contributed by atoms with Crippen LogP contribution in [0.3, 0.4) is 0 Å². The molecule has 0 spiro atoms. The number of hydrogen-bond donors (Lipinski definition) is 1. The number of piperidine rings is 1. The average molecular weight is 282 g/mol. The molecule has 1 fully saturated rings. The quantitative estimate of drug-likeness (QED) is 0.875. The van der Waals surface area contributed by atoms with Gasteiger partial charge in [-0.25, -0.2) is 0 Å². The molecule has 1 N–H and O–H groups in total. The van der Waals surface area contributed by atoms with Crippen LogP contribution in [0, 0.1) is 0 Å². The number of benzene rings is 1. The molecule has 2 nitrogen and oxygen atoms in total. The summed E-state index contributed by atoms with van der Waals surface area (Å²) in [5.74, 6) is 0. The zero-order chi connectivity index (χ0) is 13.8. The Morgan fingerprint density at radius 3 is 2.84 bits per heavy atom. The molecular weight excluding hydrogens is 258 g/mol. The van der Waals surface area contributed by atoms with Crippen molar-refractivity contribution in [2.45, 2.75) is 58.1 Å². The van der Waals surface area contributed by atoms with Crippen molar-refractivity contribution in [1.29, 1.82) is 0 Å². The largest absolute Gasteiger partial charge is 0.389 e. The van der Waals surface area contributed by atoms with E-state index >= 15 is 0 Å². The summed E-state index contributed by atoms with van der Waals surface area (Å²) in [6.07, 6.45) is 5.84. The van der Waals surface area contributed by atoms with E-state index in [1.54, 1.807) is 6.92 Å². The van der Waals surface area contributed by atoms with Gasteiger partial charge in [-0.15, -0.1) is 0 Å². The summed E-state index contributed by atoms with van der Waals surface area (Å²) in [5, 5.41) is 10.3. The Morgan fingerprint density at radius 1 is 1.42 bits per heavy atom. The molecule has 19 heavy (non-hydrogen) atoms. The van der Waals surface area contributed by atoms with Gasteiger partial charge in [-0.1, -0.05) is 31.0 Å². The molecule has 1 aliphatic heterocycles. The van der Waals surface area contributed by atoms with Crippen LogP contribution < -0.4 is 4.90 Å². The highest BCUT2D eigenvalue weighted by Crippen LogP contribution is 2.32. The van der Waals surface area contributed by atoms with E-state index in [4.69, 9.17) is 11.6 Å². The first-order valence-electron chi connectivity index (χ1n) is 7.37. The van der Waals surface area contributed by atoms with Crippen LogP contribution in [0.4, 0.5) is 5.69 Å². The molecular formula is C16H24ClNO. The van der Waals surface area contributed by atoms with E-state index in [1.807, 2.05) is 12.1 Å². The van der Waals surface area contributed by atoms with Gasteiger partial charge < -0.3 is 10.0 Å². The highest BCUT2D eigenvalue weighted by Gasteiger charge is 2.22. The predicted octanol–water partition coefficient (Wildman–Crippen LogP) is 4.55. The maximum atomic E-state index is 9.64. The van der Waals surface area contributed by atoms with Crippen LogP contribution >= 0.6 is 11.6 Å². The first kappa shape index (κ1) is 14.7. The predicted molar refractivity (Wildman–Crippen MR) is 82.0 cm³/mol. The second-order valence-corrected chi connectivity index (χ2v) is 5.92. The topological polar surface area (TPSA) is 23.5 Å². The van der Waals surface area contributed by atoms with Crippen LogP contribution in [-0.2, 0) is 0 Å². The van der Waals surface area contributed by atoms with E-state index in [2.05, 4.69) is 17.9 Å². The van der Waals surface area contributed by atoms with Gasteiger partial charge in [-0.3, -0.25) is 0 Å². The summed E-state index contributed by atoms with van der Waals surface area (Å²) in [6.45, 7) is 5.12. The third-order valence-electron chi connectivity index (χ3n) is 4.01. The number of hydrogen-bond acceptors (Lipinski definition) is 2. The molecule has 0 aliphatic carbocycles. The molecule has 0 saturated carbocycles. The van der Waals surface area contributed by atoms with E-state index in [0.29, 0.717) is 11.1 Å². The minimum absolute atomic E-state index is 0.505. The Labute approximate surface area is 121 Å². The molecule has 1 aromatic carbocycles. The molecule has 2 atom stereocenters. The molecule has 1 saturated heterocycles. The first-order chi connectivity index (χ1) is 9.13. The summed E-state index contributed by atoms with van der Waals surface area (Å²) in [4.78, 5) is 2.49. The zero-order valence-electron chi connectivity index (χ0n) is 11.9. The average Bonchev–Trinajstić information content (AvgIpc) is 2.39. The van der Waals surface area contributed by atoms with Crippen molar-refractivity contribution in [2.24, 2.45) is 0 Å². The van der Waals surface area contributed by atoms with Gasteiger partial charge in [0.25, 0.3) is 0 Å². The number of anilines is 1. The van der Waals surface area contributed by atoms with E-state index in [-0.39, 0.29) is 0 Å². The summed E-state index contributed by atoms with van der Waals surface area (Å²) < 4.78 is 0.